The molecule has 30 heavy (non-hydrogen) atoms. The maximum atomic E-state index is 13.5. The fourth-order valence-electron chi connectivity index (χ4n) is 2.82. The largest absolute Gasteiger partial charge is 0.493 e. The second-order valence-corrected chi connectivity index (χ2v) is 6.63. The first-order valence-corrected chi connectivity index (χ1v) is 9.26. The number of anilines is 1. The van der Waals surface area contributed by atoms with E-state index in [-0.39, 0.29) is 16.1 Å². The van der Waals surface area contributed by atoms with E-state index in [9.17, 15) is 9.18 Å². The number of para-hydroxylation sites is 1. The number of nitrogens with one attached hydrogen (secondary N) is 1. The zero-order valence-corrected chi connectivity index (χ0v) is 16.5. The van der Waals surface area contributed by atoms with Crippen LogP contribution >= 0.6 is 11.6 Å². The van der Waals surface area contributed by atoms with E-state index in [4.69, 9.17) is 20.8 Å². The molecule has 0 fully saturated rings. The van der Waals surface area contributed by atoms with Gasteiger partial charge in [-0.15, -0.1) is 0 Å². The molecular weight excluding hydrogens is 409 g/mol. The Morgan fingerprint density at radius 2 is 2.03 bits per heavy atom. The maximum Gasteiger partial charge on any atom is 0.262 e. The number of methoxy groups -OCH3 is 1. The van der Waals surface area contributed by atoms with Crippen LogP contribution in [0.2, 0.25) is 5.02 Å². The summed E-state index contributed by atoms with van der Waals surface area (Å²) >= 11 is 5.86. The highest BCUT2D eigenvalue weighted by Crippen LogP contribution is 2.26. The topological polar surface area (TPSA) is 76.7 Å². The van der Waals surface area contributed by atoms with Crippen molar-refractivity contribution in [2.24, 2.45) is 4.99 Å². The molecule has 0 bridgehead atoms. The minimum atomic E-state index is -0.569. The fraction of sp³-hybridized carbons (Fsp3) is 0.0455. The Bertz CT molecular complexity index is 1310. The van der Waals surface area contributed by atoms with Gasteiger partial charge in [0.1, 0.15) is 17.2 Å². The fourth-order valence-corrected chi connectivity index (χ4v) is 3.00. The number of ether oxygens (including phenoxy) is 1. The first-order chi connectivity index (χ1) is 14.5. The summed E-state index contributed by atoms with van der Waals surface area (Å²) in [4.78, 5) is 21.4. The van der Waals surface area contributed by atoms with Crippen LogP contribution in [0, 0.1) is 5.82 Å². The summed E-state index contributed by atoms with van der Waals surface area (Å²) in [5.74, 6) is -0.170. The summed E-state index contributed by atoms with van der Waals surface area (Å²) in [5, 5.41) is 3.27. The second kappa shape index (κ2) is 8.34. The van der Waals surface area contributed by atoms with Gasteiger partial charge in [0.15, 0.2) is 11.3 Å². The average molecular weight is 424 g/mol. The number of hydrogen-bond acceptors (Lipinski definition) is 5. The molecule has 0 aliphatic heterocycles. The first-order valence-electron chi connectivity index (χ1n) is 8.88. The van der Waals surface area contributed by atoms with E-state index in [1.165, 1.54) is 25.3 Å². The minimum Gasteiger partial charge on any atom is -0.493 e. The zero-order valence-electron chi connectivity index (χ0n) is 15.7. The van der Waals surface area contributed by atoms with Crippen molar-refractivity contribution in [3.63, 3.8) is 0 Å². The number of halogens is 2. The summed E-state index contributed by atoms with van der Waals surface area (Å²) < 4.78 is 24.8. The summed E-state index contributed by atoms with van der Waals surface area (Å²) in [5.41, 5.74) is 0.928. The number of rotatable bonds is 4. The summed E-state index contributed by atoms with van der Waals surface area (Å²) in [6, 6.07) is 16.1. The number of nitrogens with zero attached hydrogens (tertiary/aromatic N) is 2. The van der Waals surface area contributed by atoms with Crippen LogP contribution in [-0.2, 0) is 0 Å². The normalized spacial score (nSPS) is 11.5. The van der Waals surface area contributed by atoms with Crippen molar-refractivity contribution in [2.45, 2.75) is 0 Å². The summed E-state index contributed by atoms with van der Waals surface area (Å²) in [6.07, 6.45) is 1.57. The second-order valence-electron chi connectivity index (χ2n) is 6.22. The molecule has 0 aliphatic rings. The van der Waals surface area contributed by atoms with Crippen molar-refractivity contribution in [3.05, 3.63) is 88.8 Å². The molecule has 8 heteroatoms. The third-order valence-corrected chi connectivity index (χ3v) is 4.53. The van der Waals surface area contributed by atoms with E-state index < -0.39 is 11.7 Å². The molecule has 0 radical (unpaired) electrons. The smallest absolute Gasteiger partial charge is 0.262 e. The third kappa shape index (κ3) is 4.01. The molecule has 0 saturated heterocycles. The highest BCUT2D eigenvalue weighted by Gasteiger charge is 2.15. The van der Waals surface area contributed by atoms with E-state index in [1.54, 1.807) is 48.7 Å². The number of amides is 1. The van der Waals surface area contributed by atoms with Crippen molar-refractivity contribution in [1.29, 1.82) is 0 Å². The van der Waals surface area contributed by atoms with Gasteiger partial charge in [-0.1, -0.05) is 29.8 Å². The van der Waals surface area contributed by atoms with E-state index in [2.05, 4.69) is 15.3 Å². The highest BCUT2D eigenvalue weighted by molar-refractivity contribution is 6.31. The lowest BCUT2D eigenvalue weighted by Gasteiger charge is -2.08. The number of fused-ring (bicyclic) bond motifs is 1. The molecular formula is C22H15ClFN3O3. The van der Waals surface area contributed by atoms with E-state index in [1.807, 2.05) is 0 Å². The number of carbonyl (C=O) groups is 1. The lowest BCUT2D eigenvalue weighted by Crippen LogP contribution is -2.22. The van der Waals surface area contributed by atoms with Crippen LogP contribution in [0.15, 0.2) is 76.3 Å². The molecule has 4 rings (SSSR count). The van der Waals surface area contributed by atoms with Crippen LogP contribution in [0.5, 0.6) is 5.75 Å². The minimum absolute atomic E-state index is 0.0168. The van der Waals surface area contributed by atoms with Crippen molar-refractivity contribution < 1.29 is 18.3 Å². The molecule has 0 unspecified atom stereocenters. The van der Waals surface area contributed by atoms with E-state index in [0.29, 0.717) is 28.2 Å². The van der Waals surface area contributed by atoms with Gasteiger partial charge in [0.05, 0.1) is 17.8 Å². The van der Waals surface area contributed by atoms with Gasteiger partial charge in [-0.25, -0.2) is 14.4 Å². The Hall–Kier alpha value is -3.71. The van der Waals surface area contributed by atoms with Crippen molar-refractivity contribution in [1.82, 2.24) is 4.98 Å². The molecule has 1 N–H and O–H groups in total. The molecule has 2 aromatic carbocycles. The van der Waals surface area contributed by atoms with Gasteiger partial charge < -0.3 is 14.5 Å². The SMILES string of the molecule is COc1cccc2cc(C(=O)Nc3ccccn3)c(=Nc3ccc(F)c(Cl)c3)oc12. The predicted molar refractivity (Wildman–Crippen MR) is 112 cm³/mol. The Morgan fingerprint density at radius 3 is 2.77 bits per heavy atom. The Labute approximate surface area is 175 Å². The van der Waals surface area contributed by atoms with Crippen molar-refractivity contribution in [2.75, 3.05) is 12.4 Å². The number of aromatic nitrogens is 1. The van der Waals surface area contributed by atoms with Crippen LogP contribution in [0.4, 0.5) is 15.9 Å². The van der Waals surface area contributed by atoms with E-state index >= 15 is 0 Å². The van der Waals surface area contributed by atoms with Gasteiger partial charge in [0.2, 0.25) is 5.55 Å². The average Bonchev–Trinajstić information content (AvgIpc) is 2.76. The standard InChI is InChI=1S/C22H15ClFN3O3/c1-29-18-6-4-5-13-11-15(21(28)27-19-7-2-3-10-25-19)22(30-20(13)18)26-14-8-9-17(24)16(23)12-14/h2-12H,1H3,(H,25,27,28). The van der Waals surface area contributed by atoms with Gasteiger partial charge >= 0.3 is 0 Å². The molecule has 0 atom stereocenters. The zero-order chi connectivity index (χ0) is 21.1. The Balaban J connectivity index is 1.90. The summed E-state index contributed by atoms with van der Waals surface area (Å²) in [7, 11) is 1.52. The van der Waals surface area contributed by atoms with Crippen LogP contribution < -0.4 is 15.6 Å². The van der Waals surface area contributed by atoms with Crippen LogP contribution in [0.1, 0.15) is 10.4 Å². The molecule has 2 aromatic heterocycles. The van der Waals surface area contributed by atoms with Gasteiger partial charge in [0, 0.05) is 11.6 Å². The molecule has 6 nitrogen and oxygen atoms in total. The maximum absolute atomic E-state index is 13.5. The first kappa shape index (κ1) is 19.6. The molecule has 0 saturated carbocycles. The Kier molecular flexibility index (Phi) is 5.45. The lowest BCUT2D eigenvalue weighted by atomic mass is 10.1. The van der Waals surface area contributed by atoms with Crippen LogP contribution in [0.3, 0.4) is 0 Å². The van der Waals surface area contributed by atoms with Crippen LogP contribution in [0.25, 0.3) is 11.0 Å². The number of benzene rings is 2. The number of hydrogen-bond donors (Lipinski definition) is 1. The van der Waals surface area contributed by atoms with E-state index in [0.717, 1.165) is 0 Å². The van der Waals surface area contributed by atoms with Gasteiger partial charge in [-0.2, -0.15) is 0 Å². The highest BCUT2D eigenvalue weighted by atomic mass is 35.5. The Morgan fingerprint density at radius 1 is 1.17 bits per heavy atom. The summed E-state index contributed by atoms with van der Waals surface area (Å²) in [6.45, 7) is 0. The molecule has 1 amide bonds. The molecule has 0 spiro atoms. The monoisotopic (exact) mass is 423 g/mol. The van der Waals surface area contributed by atoms with Gasteiger partial charge in [0.25, 0.3) is 5.91 Å². The molecule has 150 valence electrons. The molecule has 2 heterocycles. The van der Waals surface area contributed by atoms with Crippen molar-refractivity contribution in [3.8, 4) is 5.75 Å². The third-order valence-electron chi connectivity index (χ3n) is 4.24. The number of pyridine rings is 1. The number of carbonyl (C=O) groups excluding carboxylic acids is 1. The van der Waals surface area contributed by atoms with Gasteiger partial charge in [-0.05, 0) is 42.5 Å². The van der Waals surface area contributed by atoms with Crippen molar-refractivity contribution >= 4 is 40.0 Å². The predicted octanol–water partition coefficient (Wildman–Crippen LogP) is 5.11. The van der Waals surface area contributed by atoms with Gasteiger partial charge in [-0.3, -0.25) is 4.79 Å². The van der Waals surface area contributed by atoms with Crippen LogP contribution in [-0.4, -0.2) is 18.0 Å². The molecule has 4 aromatic rings. The lowest BCUT2D eigenvalue weighted by molar-refractivity contribution is 0.102. The molecule has 0 aliphatic carbocycles. The quantitative estimate of drug-likeness (QED) is 0.494.